The molecule has 0 aliphatic rings. The third-order valence-corrected chi connectivity index (χ3v) is 3.72. The van der Waals surface area contributed by atoms with Gasteiger partial charge in [-0.25, -0.2) is 0 Å². The summed E-state index contributed by atoms with van der Waals surface area (Å²) in [6, 6.07) is 14.9. The van der Waals surface area contributed by atoms with Crippen molar-refractivity contribution in [3.05, 3.63) is 92.7 Å². The molecule has 140 valence electrons. The predicted octanol–water partition coefficient (Wildman–Crippen LogP) is 4.41. The Kier molecular flexibility index (Phi) is 5.26. The highest BCUT2D eigenvalue weighted by atomic mass is 16.6. The van der Waals surface area contributed by atoms with E-state index in [1.54, 1.807) is 30.3 Å². The lowest BCUT2D eigenvalue weighted by Gasteiger charge is -2.01. The second-order valence-corrected chi connectivity index (χ2v) is 5.61. The third kappa shape index (κ3) is 4.28. The van der Waals surface area contributed by atoms with Crippen LogP contribution in [-0.4, -0.2) is 15.8 Å². The molecule has 2 aromatic carbocycles. The first-order valence-electron chi connectivity index (χ1n) is 8.01. The van der Waals surface area contributed by atoms with Crippen molar-refractivity contribution in [3.63, 3.8) is 0 Å². The van der Waals surface area contributed by atoms with Crippen molar-refractivity contribution in [3.8, 4) is 11.3 Å². The number of carbonyl (C=O) groups is 1. The Balaban J connectivity index is 1.72. The average molecular weight is 379 g/mol. The third-order valence-electron chi connectivity index (χ3n) is 3.72. The standard InChI is InChI=1S/C19H13N3O6/c23-19(20-13-4-3-5-14(12-13)21(24)25)11-9-15-8-10-18(28-15)16-6-1-2-7-17(16)22(26)27/h1-12H,(H,20,23)/b11-9+. The highest BCUT2D eigenvalue weighted by Crippen LogP contribution is 2.31. The molecule has 3 rings (SSSR count). The molecule has 0 saturated carbocycles. The molecule has 0 aliphatic carbocycles. The molecule has 0 fully saturated rings. The number of non-ortho nitro benzene ring substituents is 1. The molecule has 1 heterocycles. The van der Waals surface area contributed by atoms with Crippen molar-refractivity contribution >= 4 is 29.0 Å². The largest absolute Gasteiger partial charge is 0.456 e. The molecule has 1 aromatic heterocycles. The number of para-hydroxylation sites is 1. The number of nitrogens with zero attached hydrogens (tertiary/aromatic N) is 2. The van der Waals surface area contributed by atoms with Crippen LogP contribution >= 0.6 is 0 Å². The van der Waals surface area contributed by atoms with Gasteiger partial charge >= 0.3 is 0 Å². The van der Waals surface area contributed by atoms with Gasteiger partial charge in [-0.15, -0.1) is 0 Å². The summed E-state index contributed by atoms with van der Waals surface area (Å²) < 4.78 is 5.55. The molecule has 1 N–H and O–H groups in total. The van der Waals surface area contributed by atoms with Crippen molar-refractivity contribution in [2.24, 2.45) is 0 Å². The molecule has 0 spiro atoms. The number of hydrogen-bond donors (Lipinski definition) is 1. The first-order valence-corrected chi connectivity index (χ1v) is 8.01. The fourth-order valence-corrected chi connectivity index (χ4v) is 2.47. The van der Waals surface area contributed by atoms with Crippen molar-refractivity contribution in [1.29, 1.82) is 0 Å². The Morgan fingerprint density at radius 2 is 1.75 bits per heavy atom. The summed E-state index contributed by atoms with van der Waals surface area (Å²) >= 11 is 0. The van der Waals surface area contributed by atoms with Crippen LogP contribution in [-0.2, 0) is 4.79 Å². The zero-order valence-electron chi connectivity index (χ0n) is 14.3. The van der Waals surface area contributed by atoms with Crippen LogP contribution in [0.15, 0.2) is 71.2 Å². The Bertz CT molecular complexity index is 1090. The molecule has 0 atom stereocenters. The lowest BCUT2D eigenvalue weighted by atomic mass is 10.1. The van der Waals surface area contributed by atoms with Gasteiger partial charge in [-0.1, -0.05) is 18.2 Å². The van der Waals surface area contributed by atoms with E-state index in [0.717, 1.165) is 0 Å². The topological polar surface area (TPSA) is 129 Å². The van der Waals surface area contributed by atoms with Crippen LogP contribution in [0.1, 0.15) is 5.76 Å². The zero-order valence-corrected chi connectivity index (χ0v) is 14.3. The second-order valence-electron chi connectivity index (χ2n) is 5.61. The number of furan rings is 1. The number of nitro benzene ring substituents is 2. The lowest BCUT2D eigenvalue weighted by molar-refractivity contribution is -0.384. The van der Waals surface area contributed by atoms with Gasteiger partial charge in [0.2, 0.25) is 5.91 Å². The van der Waals surface area contributed by atoms with Gasteiger partial charge in [0.25, 0.3) is 11.4 Å². The summed E-state index contributed by atoms with van der Waals surface area (Å²) in [5.74, 6) is 0.109. The van der Waals surface area contributed by atoms with Gasteiger partial charge in [0.05, 0.1) is 15.4 Å². The molecule has 28 heavy (non-hydrogen) atoms. The Labute approximate surface area is 158 Å². The second kappa shape index (κ2) is 7.96. The monoisotopic (exact) mass is 379 g/mol. The van der Waals surface area contributed by atoms with Gasteiger partial charge in [-0.2, -0.15) is 0 Å². The van der Waals surface area contributed by atoms with Crippen molar-refractivity contribution in [2.45, 2.75) is 0 Å². The summed E-state index contributed by atoms with van der Waals surface area (Å²) in [6.07, 6.45) is 2.59. The highest BCUT2D eigenvalue weighted by Gasteiger charge is 2.16. The molecule has 0 saturated heterocycles. The van der Waals surface area contributed by atoms with E-state index in [-0.39, 0.29) is 17.1 Å². The molecule has 1 amide bonds. The van der Waals surface area contributed by atoms with Gasteiger partial charge in [-0.3, -0.25) is 25.0 Å². The van der Waals surface area contributed by atoms with E-state index in [0.29, 0.717) is 17.1 Å². The van der Waals surface area contributed by atoms with E-state index < -0.39 is 15.8 Å². The summed E-state index contributed by atoms with van der Waals surface area (Å²) in [4.78, 5) is 32.8. The molecule has 0 aliphatic heterocycles. The number of amides is 1. The molecule has 0 bridgehead atoms. The maximum absolute atomic E-state index is 12.0. The molecule has 9 nitrogen and oxygen atoms in total. The Morgan fingerprint density at radius 3 is 2.50 bits per heavy atom. The van der Waals surface area contributed by atoms with Gasteiger partial charge in [0.1, 0.15) is 11.5 Å². The number of nitrogens with one attached hydrogen (secondary N) is 1. The first kappa shape index (κ1) is 18.5. The van der Waals surface area contributed by atoms with Gasteiger partial charge in [0, 0.05) is 30.0 Å². The minimum atomic E-state index is -0.557. The molecule has 9 heteroatoms. The van der Waals surface area contributed by atoms with E-state index in [4.69, 9.17) is 4.42 Å². The molecule has 0 unspecified atom stereocenters. The van der Waals surface area contributed by atoms with Gasteiger partial charge < -0.3 is 9.73 Å². The number of anilines is 1. The van der Waals surface area contributed by atoms with Crippen LogP contribution in [0.2, 0.25) is 0 Å². The fourth-order valence-electron chi connectivity index (χ4n) is 2.47. The van der Waals surface area contributed by atoms with Crippen LogP contribution < -0.4 is 5.32 Å². The van der Waals surface area contributed by atoms with Crippen molar-refractivity contribution < 1.29 is 19.1 Å². The first-order chi connectivity index (χ1) is 13.4. The van der Waals surface area contributed by atoms with E-state index in [9.17, 15) is 25.0 Å². The van der Waals surface area contributed by atoms with Crippen LogP contribution in [0.5, 0.6) is 0 Å². The predicted molar refractivity (Wildman–Crippen MR) is 102 cm³/mol. The molecular weight excluding hydrogens is 366 g/mol. The van der Waals surface area contributed by atoms with Crippen molar-refractivity contribution in [2.75, 3.05) is 5.32 Å². The highest BCUT2D eigenvalue weighted by molar-refractivity contribution is 6.01. The summed E-state index contributed by atoms with van der Waals surface area (Å²) in [5, 5.41) is 24.4. The summed E-state index contributed by atoms with van der Waals surface area (Å²) in [7, 11) is 0. The number of rotatable bonds is 6. The van der Waals surface area contributed by atoms with Gasteiger partial charge in [0.15, 0.2) is 0 Å². The maximum atomic E-state index is 12.0. The fraction of sp³-hybridized carbons (Fsp3) is 0. The normalized spacial score (nSPS) is 10.7. The lowest BCUT2D eigenvalue weighted by Crippen LogP contribution is -2.07. The SMILES string of the molecule is O=C(/C=C/c1ccc(-c2ccccc2[N+](=O)[O-])o1)Nc1cccc([N+](=O)[O-])c1. The number of nitro groups is 2. The van der Waals surface area contributed by atoms with E-state index in [2.05, 4.69) is 5.32 Å². The average Bonchev–Trinajstić information content (AvgIpc) is 3.15. The molecule has 0 radical (unpaired) electrons. The quantitative estimate of drug-likeness (QED) is 0.383. The van der Waals surface area contributed by atoms with E-state index in [1.165, 1.54) is 42.5 Å². The van der Waals surface area contributed by atoms with E-state index >= 15 is 0 Å². The number of benzene rings is 2. The summed E-state index contributed by atoms with van der Waals surface area (Å²) in [5.41, 5.74) is 0.384. The Morgan fingerprint density at radius 1 is 0.964 bits per heavy atom. The van der Waals surface area contributed by atoms with Crippen molar-refractivity contribution in [1.82, 2.24) is 0 Å². The summed E-state index contributed by atoms with van der Waals surface area (Å²) in [6.45, 7) is 0. The minimum Gasteiger partial charge on any atom is -0.456 e. The van der Waals surface area contributed by atoms with Crippen LogP contribution in [0.25, 0.3) is 17.4 Å². The van der Waals surface area contributed by atoms with Crippen LogP contribution in [0.4, 0.5) is 17.1 Å². The number of carbonyl (C=O) groups excluding carboxylic acids is 1. The maximum Gasteiger partial charge on any atom is 0.280 e. The van der Waals surface area contributed by atoms with Crippen LogP contribution in [0, 0.1) is 20.2 Å². The Hall–Kier alpha value is -4.27. The number of hydrogen-bond acceptors (Lipinski definition) is 6. The molecular formula is C19H13N3O6. The van der Waals surface area contributed by atoms with Gasteiger partial charge in [-0.05, 0) is 30.3 Å². The molecule has 3 aromatic rings. The smallest absolute Gasteiger partial charge is 0.280 e. The minimum absolute atomic E-state index is 0.0872. The van der Waals surface area contributed by atoms with Crippen LogP contribution in [0.3, 0.4) is 0 Å². The zero-order chi connectivity index (χ0) is 20.1. The van der Waals surface area contributed by atoms with E-state index in [1.807, 2.05) is 0 Å².